The maximum Gasteiger partial charge on any atom is 0.329 e. The third-order valence-corrected chi connectivity index (χ3v) is 4.32. The molecule has 2 N–H and O–H groups in total. The Labute approximate surface area is 125 Å². The first-order chi connectivity index (χ1) is 9.74. The van der Waals surface area contributed by atoms with Crippen LogP contribution in [0.4, 0.5) is 4.79 Å². The van der Waals surface area contributed by atoms with Gasteiger partial charge in [0.05, 0.1) is 18.2 Å². The van der Waals surface area contributed by atoms with Crippen LogP contribution in [0, 0.1) is 0 Å². The van der Waals surface area contributed by atoms with E-state index in [0.29, 0.717) is 25.9 Å². The normalized spacial score (nSPS) is 28.0. The van der Waals surface area contributed by atoms with E-state index in [1.54, 1.807) is 4.90 Å². The average Bonchev–Trinajstić information content (AvgIpc) is 2.37. The molecule has 1 aliphatic carbocycles. The number of nitrogens with one attached hydrogen (secondary N) is 1. The van der Waals surface area contributed by atoms with Gasteiger partial charge in [0.1, 0.15) is 5.54 Å². The van der Waals surface area contributed by atoms with E-state index in [-0.39, 0.29) is 12.1 Å². The molecule has 1 atom stereocenters. The van der Waals surface area contributed by atoms with Crippen molar-refractivity contribution in [2.45, 2.75) is 70.1 Å². The molecule has 0 spiro atoms. The van der Waals surface area contributed by atoms with Crippen LogP contribution >= 0.6 is 0 Å². The molecule has 2 rings (SSSR count). The summed E-state index contributed by atoms with van der Waals surface area (Å²) in [6.45, 7) is 6.77. The van der Waals surface area contributed by atoms with Crippen LogP contribution in [0.1, 0.15) is 52.9 Å². The summed E-state index contributed by atoms with van der Waals surface area (Å²) in [5.41, 5.74) is -1.50. The molecule has 1 heterocycles. The fraction of sp³-hybridized carbons (Fsp3) is 0.867. The van der Waals surface area contributed by atoms with Crippen LogP contribution in [0.3, 0.4) is 0 Å². The summed E-state index contributed by atoms with van der Waals surface area (Å²) in [7, 11) is 0. The molecule has 6 nitrogen and oxygen atoms in total. The van der Waals surface area contributed by atoms with E-state index in [1.807, 2.05) is 20.8 Å². The highest BCUT2D eigenvalue weighted by Crippen LogP contribution is 2.29. The molecule has 0 radical (unpaired) electrons. The minimum atomic E-state index is -1.10. The lowest BCUT2D eigenvalue weighted by Gasteiger charge is -2.43. The highest BCUT2D eigenvalue weighted by Gasteiger charge is 2.43. The lowest BCUT2D eigenvalue weighted by atomic mass is 9.82. The summed E-state index contributed by atoms with van der Waals surface area (Å²) in [6.07, 6.45) is 3.70. The quantitative estimate of drug-likeness (QED) is 0.817. The largest absolute Gasteiger partial charge is 0.480 e. The fourth-order valence-corrected chi connectivity index (χ4v) is 3.44. The summed E-state index contributed by atoms with van der Waals surface area (Å²) < 4.78 is 5.78. The number of rotatable bonds is 2. The monoisotopic (exact) mass is 298 g/mol. The Hall–Kier alpha value is -1.30. The van der Waals surface area contributed by atoms with E-state index in [2.05, 4.69) is 5.32 Å². The van der Waals surface area contributed by atoms with Gasteiger partial charge in [-0.05, 0) is 33.6 Å². The number of carboxylic acid groups (broad SMARTS) is 1. The summed E-state index contributed by atoms with van der Waals surface area (Å²) in [4.78, 5) is 25.8. The van der Waals surface area contributed by atoms with Gasteiger partial charge in [-0.2, -0.15) is 0 Å². The van der Waals surface area contributed by atoms with Gasteiger partial charge in [-0.25, -0.2) is 9.59 Å². The van der Waals surface area contributed by atoms with E-state index < -0.39 is 17.1 Å². The van der Waals surface area contributed by atoms with Gasteiger partial charge in [0.25, 0.3) is 0 Å². The topological polar surface area (TPSA) is 78.9 Å². The van der Waals surface area contributed by atoms with Crippen molar-refractivity contribution in [1.82, 2.24) is 10.2 Å². The molecule has 2 fully saturated rings. The zero-order valence-corrected chi connectivity index (χ0v) is 13.1. The van der Waals surface area contributed by atoms with Gasteiger partial charge in [0.15, 0.2) is 0 Å². The van der Waals surface area contributed by atoms with Crippen LogP contribution in [-0.4, -0.2) is 52.3 Å². The van der Waals surface area contributed by atoms with Gasteiger partial charge >= 0.3 is 12.0 Å². The second-order valence-corrected chi connectivity index (χ2v) is 6.95. The number of hydrogen-bond donors (Lipinski definition) is 2. The number of amides is 2. The van der Waals surface area contributed by atoms with E-state index in [9.17, 15) is 14.7 Å². The minimum absolute atomic E-state index is 0.0494. The molecule has 1 aliphatic heterocycles. The van der Waals surface area contributed by atoms with Crippen molar-refractivity contribution in [1.29, 1.82) is 0 Å². The molecule has 0 aromatic carbocycles. The predicted molar refractivity (Wildman–Crippen MR) is 78.2 cm³/mol. The molecule has 1 saturated carbocycles. The number of aliphatic carboxylic acids is 1. The molecular weight excluding hydrogens is 272 g/mol. The first-order valence-corrected chi connectivity index (χ1v) is 7.72. The second kappa shape index (κ2) is 5.83. The number of nitrogens with zero attached hydrogens (tertiary/aromatic N) is 1. The third-order valence-electron chi connectivity index (χ3n) is 4.32. The molecule has 6 heteroatoms. The SMILES string of the molecule is CC1CN(C(=O)NC2(C(=O)O)CCCCC2)CC(C)(C)O1. The smallest absolute Gasteiger partial charge is 0.329 e. The third kappa shape index (κ3) is 3.67. The highest BCUT2D eigenvalue weighted by molar-refractivity contribution is 5.86. The Kier molecular flexibility index (Phi) is 4.46. The zero-order valence-electron chi connectivity index (χ0n) is 13.1. The highest BCUT2D eigenvalue weighted by atomic mass is 16.5. The number of morpholine rings is 1. The Balaban J connectivity index is 2.07. The average molecular weight is 298 g/mol. The fourth-order valence-electron chi connectivity index (χ4n) is 3.44. The molecule has 0 bridgehead atoms. The van der Waals surface area contributed by atoms with Crippen molar-refractivity contribution in [3.63, 3.8) is 0 Å². The lowest BCUT2D eigenvalue weighted by molar-refractivity contribution is -0.146. The first kappa shape index (κ1) is 16.1. The molecule has 1 saturated heterocycles. The van der Waals surface area contributed by atoms with Gasteiger partial charge in [-0.15, -0.1) is 0 Å². The first-order valence-electron chi connectivity index (χ1n) is 7.72. The van der Waals surface area contributed by atoms with Gasteiger partial charge in [-0.1, -0.05) is 19.3 Å². The van der Waals surface area contributed by atoms with Crippen LogP contribution in [-0.2, 0) is 9.53 Å². The van der Waals surface area contributed by atoms with Gasteiger partial charge in [0, 0.05) is 6.54 Å². The molecule has 2 aliphatic rings. The Morgan fingerprint density at radius 2 is 1.86 bits per heavy atom. The summed E-state index contributed by atoms with van der Waals surface area (Å²) >= 11 is 0. The summed E-state index contributed by atoms with van der Waals surface area (Å²) in [5.74, 6) is -0.920. The van der Waals surface area contributed by atoms with E-state index >= 15 is 0 Å². The number of carbonyl (C=O) groups excluding carboxylic acids is 1. The van der Waals surface area contributed by atoms with Crippen LogP contribution < -0.4 is 5.32 Å². The van der Waals surface area contributed by atoms with Crippen LogP contribution in [0.25, 0.3) is 0 Å². The lowest BCUT2D eigenvalue weighted by Crippen LogP contribution is -2.62. The predicted octanol–water partition coefficient (Wildman–Crippen LogP) is 1.98. The van der Waals surface area contributed by atoms with E-state index in [0.717, 1.165) is 19.3 Å². The maximum absolute atomic E-state index is 12.5. The van der Waals surface area contributed by atoms with Crippen LogP contribution in [0.2, 0.25) is 0 Å². The van der Waals surface area contributed by atoms with Crippen molar-refractivity contribution in [3.8, 4) is 0 Å². The Morgan fingerprint density at radius 3 is 2.38 bits per heavy atom. The number of urea groups is 1. The van der Waals surface area contributed by atoms with Gasteiger partial charge < -0.3 is 20.1 Å². The molecule has 0 aromatic rings. The standard InChI is InChI=1S/C15H26N2O4/c1-11-9-17(10-14(2,3)21-11)13(20)16-15(12(18)19)7-5-4-6-8-15/h11H,4-10H2,1-3H3,(H,16,20)(H,18,19). The van der Waals surface area contributed by atoms with Crippen molar-refractivity contribution in [3.05, 3.63) is 0 Å². The van der Waals surface area contributed by atoms with Crippen LogP contribution in [0.15, 0.2) is 0 Å². The number of carbonyl (C=O) groups is 2. The maximum atomic E-state index is 12.5. The van der Waals surface area contributed by atoms with E-state index in [1.165, 1.54) is 0 Å². The number of carboxylic acids is 1. The molecule has 120 valence electrons. The zero-order chi connectivity index (χ0) is 15.7. The second-order valence-electron chi connectivity index (χ2n) is 6.95. The van der Waals surface area contributed by atoms with Crippen LogP contribution in [0.5, 0.6) is 0 Å². The minimum Gasteiger partial charge on any atom is -0.480 e. The molecule has 2 amide bonds. The molecular formula is C15H26N2O4. The van der Waals surface area contributed by atoms with Crippen molar-refractivity contribution in [2.24, 2.45) is 0 Å². The molecule has 0 aromatic heterocycles. The number of hydrogen-bond acceptors (Lipinski definition) is 3. The molecule has 1 unspecified atom stereocenters. The van der Waals surface area contributed by atoms with Crippen molar-refractivity contribution >= 4 is 12.0 Å². The summed E-state index contributed by atoms with van der Waals surface area (Å²) in [6, 6.07) is -0.289. The van der Waals surface area contributed by atoms with Gasteiger partial charge in [0.2, 0.25) is 0 Å². The Bertz CT molecular complexity index is 416. The van der Waals surface area contributed by atoms with E-state index in [4.69, 9.17) is 4.74 Å². The summed E-state index contributed by atoms with van der Waals surface area (Å²) in [5, 5.41) is 12.3. The molecule has 21 heavy (non-hydrogen) atoms. The van der Waals surface area contributed by atoms with Gasteiger partial charge in [-0.3, -0.25) is 0 Å². The Morgan fingerprint density at radius 1 is 1.24 bits per heavy atom. The van der Waals surface area contributed by atoms with Crippen molar-refractivity contribution in [2.75, 3.05) is 13.1 Å². The number of ether oxygens (including phenoxy) is 1. The van der Waals surface area contributed by atoms with Crippen molar-refractivity contribution < 1.29 is 19.4 Å².